The molecule has 1 fully saturated rings. The van der Waals surface area contributed by atoms with Crippen LogP contribution in [0.2, 0.25) is 0 Å². The number of rotatable bonds is 3. The van der Waals surface area contributed by atoms with Crippen LogP contribution in [-0.4, -0.2) is 28.3 Å². The highest BCUT2D eigenvalue weighted by atomic mass is 32.2. The lowest BCUT2D eigenvalue weighted by atomic mass is 10.1. The maximum atomic E-state index is 4.62. The lowest BCUT2D eigenvalue weighted by Crippen LogP contribution is -2.35. The molecule has 0 spiro atoms. The highest BCUT2D eigenvalue weighted by Gasteiger charge is 2.13. The van der Waals surface area contributed by atoms with E-state index in [9.17, 15) is 0 Å². The van der Waals surface area contributed by atoms with Gasteiger partial charge in [0, 0.05) is 11.8 Å². The van der Waals surface area contributed by atoms with Gasteiger partial charge in [-0.3, -0.25) is 0 Å². The minimum absolute atomic E-state index is 0.652. The summed E-state index contributed by atoms with van der Waals surface area (Å²) in [6, 6.07) is 7.01. The van der Waals surface area contributed by atoms with Crippen molar-refractivity contribution in [2.24, 2.45) is 0 Å². The molecule has 96 valence electrons. The fourth-order valence-corrected chi connectivity index (χ4v) is 3.40. The minimum atomic E-state index is 0.652. The number of nitrogens with zero attached hydrogens (tertiary/aromatic N) is 1. The molecule has 1 unspecified atom stereocenters. The summed E-state index contributed by atoms with van der Waals surface area (Å²) in [5.74, 6) is 1.11. The van der Waals surface area contributed by atoms with Crippen molar-refractivity contribution in [3.63, 3.8) is 0 Å². The first-order valence-corrected chi connectivity index (χ1v) is 7.62. The van der Waals surface area contributed by atoms with Crippen molar-refractivity contribution < 1.29 is 0 Å². The van der Waals surface area contributed by atoms with Crippen molar-refractivity contribution in [3.05, 3.63) is 23.8 Å². The number of thioether (sulfide) groups is 1. The molecule has 0 amide bonds. The van der Waals surface area contributed by atoms with Crippen LogP contribution in [0.15, 0.2) is 23.4 Å². The molecule has 0 bridgehead atoms. The highest BCUT2D eigenvalue weighted by Crippen LogP contribution is 2.22. The Morgan fingerprint density at radius 3 is 3.17 bits per heavy atom. The van der Waals surface area contributed by atoms with E-state index < -0.39 is 0 Å². The Labute approximate surface area is 112 Å². The quantitative estimate of drug-likeness (QED) is 0.834. The Bertz CT molecular complexity index is 529. The average Bonchev–Trinajstić information content (AvgIpc) is 2.79. The Morgan fingerprint density at radius 1 is 1.39 bits per heavy atom. The molecular weight excluding hydrogens is 242 g/mol. The van der Waals surface area contributed by atoms with Gasteiger partial charge in [-0.15, -0.1) is 0 Å². The smallest absolute Gasteiger partial charge is 0.166 e. The number of benzene rings is 1. The van der Waals surface area contributed by atoms with E-state index in [1.807, 2.05) is 11.8 Å². The van der Waals surface area contributed by atoms with Crippen molar-refractivity contribution >= 4 is 22.8 Å². The largest absolute Gasteiger partial charge is 0.333 e. The Kier molecular flexibility index (Phi) is 3.57. The summed E-state index contributed by atoms with van der Waals surface area (Å²) < 4.78 is 0. The summed E-state index contributed by atoms with van der Waals surface area (Å²) in [5.41, 5.74) is 3.49. The van der Waals surface area contributed by atoms with E-state index in [2.05, 4.69) is 40.4 Å². The first-order valence-electron chi connectivity index (χ1n) is 6.64. The average molecular weight is 261 g/mol. The monoisotopic (exact) mass is 261 g/mol. The van der Waals surface area contributed by atoms with Gasteiger partial charge in [-0.2, -0.15) is 0 Å². The second kappa shape index (κ2) is 5.33. The van der Waals surface area contributed by atoms with Gasteiger partial charge in [0.05, 0.1) is 11.0 Å². The van der Waals surface area contributed by atoms with E-state index in [4.69, 9.17) is 0 Å². The van der Waals surface area contributed by atoms with Gasteiger partial charge >= 0.3 is 0 Å². The molecular formula is C14H19N3S. The second-order valence-electron chi connectivity index (χ2n) is 5.02. The number of hydrogen-bond acceptors (Lipinski definition) is 3. The van der Waals surface area contributed by atoms with Crippen LogP contribution in [-0.2, 0) is 0 Å². The third-order valence-electron chi connectivity index (χ3n) is 3.45. The number of nitrogens with one attached hydrogen (secondary N) is 2. The van der Waals surface area contributed by atoms with Crippen molar-refractivity contribution in [2.45, 2.75) is 37.4 Å². The molecule has 1 aliphatic heterocycles. The first kappa shape index (κ1) is 12.1. The van der Waals surface area contributed by atoms with E-state index >= 15 is 0 Å². The molecule has 1 aromatic carbocycles. The topological polar surface area (TPSA) is 40.7 Å². The van der Waals surface area contributed by atoms with Crippen LogP contribution in [0.4, 0.5) is 0 Å². The zero-order chi connectivity index (χ0) is 12.4. The molecule has 4 heteroatoms. The summed E-state index contributed by atoms with van der Waals surface area (Å²) >= 11 is 1.83. The molecule has 1 aliphatic rings. The van der Waals surface area contributed by atoms with Gasteiger partial charge < -0.3 is 10.3 Å². The van der Waals surface area contributed by atoms with Crippen LogP contribution < -0.4 is 5.32 Å². The standard InChI is InChI=1S/C14H19N3S/c1-10-5-6-12-13(8-10)17-14(16-12)18-9-11-4-2-3-7-15-11/h5-6,8,11,15H,2-4,7,9H2,1H3,(H,16,17). The fraction of sp³-hybridized carbons (Fsp3) is 0.500. The number of aromatic nitrogens is 2. The Balaban J connectivity index is 1.67. The lowest BCUT2D eigenvalue weighted by molar-refractivity contribution is 0.430. The number of imidazole rings is 1. The summed E-state index contributed by atoms with van der Waals surface area (Å²) in [6.45, 7) is 3.28. The van der Waals surface area contributed by atoms with Crippen molar-refractivity contribution in [1.29, 1.82) is 0 Å². The SMILES string of the molecule is Cc1ccc2nc(SCC3CCCCN3)[nH]c2c1. The molecule has 0 aliphatic carbocycles. The number of aromatic amines is 1. The molecule has 2 aromatic rings. The van der Waals surface area contributed by atoms with Gasteiger partial charge in [-0.1, -0.05) is 24.2 Å². The molecule has 0 radical (unpaired) electrons. The third kappa shape index (κ3) is 2.70. The zero-order valence-corrected chi connectivity index (χ0v) is 11.5. The number of H-pyrrole nitrogens is 1. The molecule has 18 heavy (non-hydrogen) atoms. The second-order valence-corrected chi connectivity index (χ2v) is 6.03. The van der Waals surface area contributed by atoms with Crippen LogP contribution in [0, 0.1) is 6.92 Å². The predicted molar refractivity (Wildman–Crippen MR) is 77.2 cm³/mol. The lowest BCUT2D eigenvalue weighted by Gasteiger charge is -2.22. The number of aryl methyl sites for hydroxylation is 1. The van der Waals surface area contributed by atoms with Crippen LogP contribution >= 0.6 is 11.8 Å². The van der Waals surface area contributed by atoms with E-state index in [0.29, 0.717) is 6.04 Å². The van der Waals surface area contributed by atoms with Crippen molar-refractivity contribution in [3.8, 4) is 0 Å². The summed E-state index contributed by atoms with van der Waals surface area (Å²) in [7, 11) is 0. The molecule has 1 aromatic heterocycles. The number of piperidine rings is 1. The highest BCUT2D eigenvalue weighted by molar-refractivity contribution is 7.99. The fourth-order valence-electron chi connectivity index (χ4n) is 2.41. The number of hydrogen-bond donors (Lipinski definition) is 2. The summed E-state index contributed by atoms with van der Waals surface area (Å²) in [4.78, 5) is 8.02. The normalized spacial score (nSPS) is 20.4. The molecule has 2 N–H and O–H groups in total. The maximum absolute atomic E-state index is 4.62. The van der Waals surface area contributed by atoms with Gasteiger partial charge in [-0.05, 0) is 44.0 Å². The van der Waals surface area contributed by atoms with Crippen LogP contribution in [0.5, 0.6) is 0 Å². The molecule has 1 saturated heterocycles. The van der Waals surface area contributed by atoms with Crippen molar-refractivity contribution in [2.75, 3.05) is 12.3 Å². The molecule has 2 heterocycles. The van der Waals surface area contributed by atoms with Gasteiger partial charge in [0.25, 0.3) is 0 Å². The van der Waals surface area contributed by atoms with Crippen LogP contribution in [0.1, 0.15) is 24.8 Å². The first-order chi connectivity index (χ1) is 8.81. The van der Waals surface area contributed by atoms with Crippen molar-refractivity contribution in [1.82, 2.24) is 15.3 Å². The zero-order valence-electron chi connectivity index (χ0n) is 10.7. The molecule has 3 nitrogen and oxygen atoms in total. The van der Waals surface area contributed by atoms with Crippen LogP contribution in [0.3, 0.4) is 0 Å². The van der Waals surface area contributed by atoms with E-state index in [0.717, 1.165) is 21.9 Å². The molecule has 3 rings (SSSR count). The maximum Gasteiger partial charge on any atom is 0.166 e. The Hall–Kier alpha value is -1.00. The minimum Gasteiger partial charge on any atom is -0.333 e. The van der Waals surface area contributed by atoms with Gasteiger partial charge in [0.15, 0.2) is 5.16 Å². The van der Waals surface area contributed by atoms with Crippen LogP contribution in [0.25, 0.3) is 11.0 Å². The van der Waals surface area contributed by atoms with Gasteiger partial charge in [0.1, 0.15) is 0 Å². The molecule has 0 saturated carbocycles. The van der Waals surface area contributed by atoms with E-state index in [1.54, 1.807) is 0 Å². The van der Waals surface area contributed by atoms with Gasteiger partial charge in [0.2, 0.25) is 0 Å². The molecule has 1 atom stereocenters. The van der Waals surface area contributed by atoms with E-state index in [1.165, 1.54) is 31.4 Å². The van der Waals surface area contributed by atoms with Gasteiger partial charge in [-0.25, -0.2) is 4.98 Å². The third-order valence-corrected chi connectivity index (χ3v) is 4.49. The van der Waals surface area contributed by atoms with E-state index in [-0.39, 0.29) is 0 Å². The predicted octanol–water partition coefficient (Wildman–Crippen LogP) is 3.11. The summed E-state index contributed by atoms with van der Waals surface area (Å²) in [5, 5.41) is 4.61. The summed E-state index contributed by atoms with van der Waals surface area (Å²) in [6.07, 6.45) is 3.98. The Morgan fingerprint density at radius 2 is 2.33 bits per heavy atom. The number of fused-ring (bicyclic) bond motifs is 1.